The molecule has 7 nitrogen and oxygen atoms in total. The molecule has 7 heteroatoms. The van der Waals surface area contributed by atoms with E-state index < -0.39 is 23.9 Å². The van der Waals surface area contributed by atoms with Crippen LogP contribution in [0.15, 0.2) is 0 Å². The minimum atomic E-state index is -1.12. The van der Waals surface area contributed by atoms with Crippen LogP contribution in [-0.4, -0.2) is 35.6 Å². The first-order chi connectivity index (χ1) is 6.47. The third-order valence-corrected chi connectivity index (χ3v) is 1.43. The SMILES string of the molecule is CC[C@@H](NC(=O)NCC(N)=O)C(=O)O. The zero-order valence-electron chi connectivity index (χ0n) is 7.74. The van der Waals surface area contributed by atoms with Gasteiger partial charge in [0.05, 0.1) is 6.54 Å². The second-order valence-electron chi connectivity index (χ2n) is 2.59. The number of hydrogen-bond acceptors (Lipinski definition) is 3. The van der Waals surface area contributed by atoms with E-state index in [4.69, 9.17) is 10.8 Å². The van der Waals surface area contributed by atoms with E-state index in [-0.39, 0.29) is 13.0 Å². The van der Waals surface area contributed by atoms with Crippen molar-refractivity contribution in [1.82, 2.24) is 10.6 Å². The molecule has 3 amide bonds. The highest BCUT2D eigenvalue weighted by Gasteiger charge is 2.17. The Bertz CT molecular complexity index is 241. The summed E-state index contributed by atoms with van der Waals surface area (Å²) in [7, 11) is 0. The van der Waals surface area contributed by atoms with E-state index in [0.29, 0.717) is 0 Å². The van der Waals surface area contributed by atoms with Gasteiger partial charge in [-0.15, -0.1) is 0 Å². The van der Waals surface area contributed by atoms with E-state index in [2.05, 4.69) is 10.6 Å². The predicted molar refractivity (Wildman–Crippen MR) is 47.4 cm³/mol. The molecule has 0 fully saturated rings. The standard InChI is InChI=1S/C7H13N3O4/c1-2-4(6(12)13)10-7(14)9-3-5(8)11/h4H,2-3H2,1H3,(H2,8,11)(H,12,13)(H2,9,10,14)/t4-/m1/s1. The molecular formula is C7H13N3O4. The van der Waals surface area contributed by atoms with Gasteiger partial charge in [0.25, 0.3) is 0 Å². The Balaban J connectivity index is 3.91. The molecule has 0 rings (SSSR count). The average Bonchev–Trinajstić information content (AvgIpc) is 2.10. The van der Waals surface area contributed by atoms with Crippen LogP contribution in [0.3, 0.4) is 0 Å². The van der Waals surface area contributed by atoms with Crippen molar-refractivity contribution in [2.24, 2.45) is 5.73 Å². The summed E-state index contributed by atoms with van der Waals surface area (Å²) in [5.41, 5.74) is 4.77. The fourth-order valence-corrected chi connectivity index (χ4v) is 0.715. The Hall–Kier alpha value is -1.79. The molecule has 0 saturated heterocycles. The quantitative estimate of drug-likeness (QED) is 0.440. The fourth-order valence-electron chi connectivity index (χ4n) is 0.715. The van der Waals surface area contributed by atoms with Crippen LogP contribution >= 0.6 is 0 Å². The lowest BCUT2D eigenvalue weighted by atomic mass is 10.2. The largest absolute Gasteiger partial charge is 0.480 e. The van der Waals surface area contributed by atoms with Crippen LogP contribution in [0.25, 0.3) is 0 Å². The number of nitrogens with one attached hydrogen (secondary N) is 2. The minimum absolute atomic E-state index is 0.263. The molecule has 0 spiro atoms. The number of carboxylic acids is 1. The minimum Gasteiger partial charge on any atom is -0.480 e. The highest BCUT2D eigenvalue weighted by Crippen LogP contribution is 1.89. The van der Waals surface area contributed by atoms with Crippen molar-refractivity contribution < 1.29 is 19.5 Å². The smallest absolute Gasteiger partial charge is 0.326 e. The summed E-state index contributed by atoms with van der Waals surface area (Å²) in [6, 6.07) is -1.68. The number of nitrogens with two attached hydrogens (primary N) is 1. The molecule has 0 radical (unpaired) electrons. The highest BCUT2D eigenvalue weighted by molar-refractivity contribution is 5.85. The molecule has 0 aliphatic carbocycles. The molecule has 80 valence electrons. The zero-order chi connectivity index (χ0) is 11.1. The second kappa shape index (κ2) is 5.79. The van der Waals surface area contributed by atoms with Gasteiger partial charge in [-0.25, -0.2) is 9.59 Å². The van der Waals surface area contributed by atoms with Gasteiger partial charge in [-0.2, -0.15) is 0 Å². The lowest BCUT2D eigenvalue weighted by Gasteiger charge is -2.12. The predicted octanol–water partition coefficient (Wildman–Crippen LogP) is -1.37. The highest BCUT2D eigenvalue weighted by atomic mass is 16.4. The molecule has 0 aromatic carbocycles. The Labute approximate surface area is 80.6 Å². The molecular weight excluding hydrogens is 190 g/mol. The summed E-state index contributed by atoms with van der Waals surface area (Å²) in [6.07, 6.45) is 0.263. The first kappa shape index (κ1) is 12.2. The van der Waals surface area contributed by atoms with Crippen LogP contribution in [0.4, 0.5) is 4.79 Å². The Morgan fingerprint density at radius 3 is 2.36 bits per heavy atom. The zero-order valence-corrected chi connectivity index (χ0v) is 7.74. The molecule has 0 aliphatic rings. The summed E-state index contributed by atoms with van der Waals surface area (Å²) in [5, 5.41) is 12.8. The van der Waals surface area contributed by atoms with Crippen molar-refractivity contribution in [2.75, 3.05) is 6.54 Å². The normalized spacial score (nSPS) is 11.5. The number of carboxylic acid groups (broad SMARTS) is 1. The third-order valence-electron chi connectivity index (χ3n) is 1.43. The van der Waals surface area contributed by atoms with Crippen LogP contribution in [0, 0.1) is 0 Å². The number of urea groups is 1. The van der Waals surface area contributed by atoms with E-state index >= 15 is 0 Å². The second-order valence-corrected chi connectivity index (χ2v) is 2.59. The lowest BCUT2D eigenvalue weighted by Crippen LogP contribution is -2.47. The van der Waals surface area contributed by atoms with Gasteiger partial charge in [0.15, 0.2) is 0 Å². The maximum atomic E-state index is 10.9. The monoisotopic (exact) mass is 203 g/mol. The van der Waals surface area contributed by atoms with Gasteiger partial charge in [0, 0.05) is 0 Å². The Morgan fingerprint density at radius 1 is 1.43 bits per heavy atom. The van der Waals surface area contributed by atoms with E-state index in [9.17, 15) is 14.4 Å². The Kier molecular flexibility index (Phi) is 5.05. The maximum absolute atomic E-state index is 10.9. The van der Waals surface area contributed by atoms with Crippen LogP contribution in [0.2, 0.25) is 0 Å². The van der Waals surface area contributed by atoms with Crippen LogP contribution in [-0.2, 0) is 9.59 Å². The van der Waals surface area contributed by atoms with Gasteiger partial charge in [0.2, 0.25) is 5.91 Å². The molecule has 14 heavy (non-hydrogen) atoms. The summed E-state index contributed by atoms with van der Waals surface area (Å²) >= 11 is 0. The van der Waals surface area contributed by atoms with Crippen molar-refractivity contribution in [2.45, 2.75) is 19.4 Å². The van der Waals surface area contributed by atoms with Gasteiger partial charge in [-0.1, -0.05) is 6.92 Å². The molecule has 0 aliphatic heterocycles. The van der Waals surface area contributed by atoms with Crippen molar-refractivity contribution in [1.29, 1.82) is 0 Å². The number of hydrogen-bond donors (Lipinski definition) is 4. The van der Waals surface area contributed by atoms with Gasteiger partial charge in [-0.05, 0) is 6.42 Å². The number of rotatable bonds is 5. The van der Waals surface area contributed by atoms with Crippen molar-refractivity contribution in [3.05, 3.63) is 0 Å². The van der Waals surface area contributed by atoms with E-state index in [1.807, 2.05) is 0 Å². The van der Waals surface area contributed by atoms with Gasteiger partial charge >= 0.3 is 12.0 Å². The number of carbonyl (C=O) groups is 3. The van der Waals surface area contributed by atoms with Crippen molar-refractivity contribution in [3.8, 4) is 0 Å². The molecule has 5 N–H and O–H groups in total. The van der Waals surface area contributed by atoms with Crippen molar-refractivity contribution in [3.63, 3.8) is 0 Å². The first-order valence-electron chi connectivity index (χ1n) is 4.02. The van der Waals surface area contributed by atoms with E-state index in [1.54, 1.807) is 6.92 Å². The van der Waals surface area contributed by atoms with Crippen molar-refractivity contribution >= 4 is 17.9 Å². The molecule has 0 aromatic heterocycles. The van der Waals surface area contributed by atoms with Crippen LogP contribution < -0.4 is 16.4 Å². The molecule has 0 saturated carbocycles. The third kappa shape index (κ3) is 4.96. The summed E-state index contributed by atoms with van der Waals surface area (Å²) < 4.78 is 0. The molecule has 0 heterocycles. The molecule has 1 atom stereocenters. The number of primary amides is 1. The topological polar surface area (TPSA) is 122 Å². The Morgan fingerprint density at radius 2 is 2.00 bits per heavy atom. The summed E-state index contributed by atoms with van der Waals surface area (Å²) in [5.74, 6) is -1.81. The molecule has 0 unspecified atom stereocenters. The van der Waals surface area contributed by atoms with E-state index in [1.165, 1.54) is 0 Å². The average molecular weight is 203 g/mol. The molecule has 0 bridgehead atoms. The first-order valence-corrected chi connectivity index (χ1v) is 4.02. The van der Waals surface area contributed by atoms with Gasteiger partial charge in [0.1, 0.15) is 6.04 Å². The van der Waals surface area contributed by atoms with E-state index in [0.717, 1.165) is 0 Å². The van der Waals surface area contributed by atoms with Gasteiger partial charge < -0.3 is 21.5 Å². The molecule has 0 aromatic rings. The summed E-state index contributed by atoms with van der Waals surface area (Å²) in [6.45, 7) is 1.30. The van der Waals surface area contributed by atoms with Gasteiger partial charge in [-0.3, -0.25) is 4.79 Å². The lowest BCUT2D eigenvalue weighted by molar-refractivity contribution is -0.139. The maximum Gasteiger partial charge on any atom is 0.326 e. The fraction of sp³-hybridized carbons (Fsp3) is 0.571. The summed E-state index contributed by atoms with van der Waals surface area (Å²) in [4.78, 5) is 31.7. The number of amides is 3. The number of aliphatic carboxylic acids is 1. The van der Waals surface area contributed by atoms with Crippen LogP contribution in [0.1, 0.15) is 13.3 Å². The van der Waals surface area contributed by atoms with Crippen LogP contribution in [0.5, 0.6) is 0 Å². The number of carbonyl (C=O) groups excluding carboxylic acids is 2.